The van der Waals surface area contributed by atoms with E-state index in [4.69, 9.17) is 16.7 Å². The van der Waals surface area contributed by atoms with Gasteiger partial charge in [-0.15, -0.1) is 0 Å². The van der Waals surface area contributed by atoms with Crippen molar-refractivity contribution in [3.05, 3.63) is 70.9 Å². The second-order valence-corrected chi connectivity index (χ2v) is 5.85. The lowest BCUT2D eigenvalue weighted by Gasteiger charge is -2.12. The summed E-state index contributed by atoms with van der Waals surface area (Å²) in [4.78, 5) is 18.5. The minimum absolute atomic E-state index is 0.00702. The molecule has 3 rings (SSSR count). The topological polar surface area (TPSA) is 75.1 Å². The maximum Gasteiger partial charge on any atom is 0.433 e. The standard InChI is InChI=1S/C18H11ClF3N3O2/c19-13-4-2-1-3-12(13)14-9-15(18(20,21)22)25-17(24-14)23-11-7-5-10(6-8-11)16(26)27/h1-9H,(H,26,27)(H,23,24,25). The van der Waals surface area contributed by atoms with Crippen molar-refractivity contribution in [1.82, 2.24) is 9.97 Å². The highest BCUT2D eigenvalue weighted by atomic mass is 35.5. The highest BCUT2D eigenvalue weighted by Crippen LogP contribution is 2.33. The van der Waals surface area contributed by atoms with Crippen molar-refractivity contribution in [3.8, 4) is 11.3 Å². The number of hydrogen-bond donors (Lipinski definition) is 2. The summed E-state index contributed by atoms with van der Waals surface area (Å²) in [5.41, 5.74) is -0.410. The number of rotatable bonds is 4. The van der Waals surface area contributed by atoms with Gasteiger partial charge >= 0.3 is 12.1 Å². The van der Waals surface area contributed by atoms with Gasteiger partial charge in [0.05, 0.1) is 11.3 Å². The summed E-state index contributed by atoms with van der Waals surface area (Å²) < 4.78 is 39.7. The van der Waals surface area contributed by atoms with Crippen LogP contribution in [0.15, 0.2) is 54.6 Å². The molecule has 0 atom stereocenters. The van der Waals surface area contributed by atoms with E-state index >= 15 is 0 Å². The molecular formula is C18H11ClF3N3O2. The molecule has 0 aliphatic rings. The molecule has 0 spiro atoms. The van der Waals surface area contributed by atoms with E-state index in [-0.39, 0.29) is 22.2 Å². The van der Waals surface area contributed by atoms with Crippen LogP contribution in [0.2, 0.25) is 5.02 Å². The molecule has 0 radical (unpaired) electrons. The summed E-state index contributed by atoms with van der Waals surface area (Å²) in [7, 11) is 0. The van der Waals surface area contributed by atoms with Crippen LogP contribution >= 0.6 is 11.6 Å². The third-order valence-electron chi connectivity index (χ3n) is 3.55. The first kappa shape index (κ1) is 18.7. The highest BCUT2D eigenvalue weighted by molar-refractivity contribution is 6.33. The van der Waals surface area contributed by atoms with Crippen molar-refractivity contribution in [2.24, 2.45) is 0 Å². The number of carboxylic acid groups (broad SMARTS) is 1. The molecule has 1 heterocycles. The van der Waals surface area contributed by atoms with Gasteiger partial charge in [0.1, 0.15) is 0 Å². The molecular weight excluding hydrogens is 383 g/mol. The molecule has 0 saturated carbocycles. The van der Waals surface area contributed by atoms with E-state index in [1.165, 1.54) is 24.3 Å². The van der Waals surface area contributed by atoms with Crippen LogP contribution in [0.4, 0.5) is 24.8 Å². The van der Waals surface area contributed by atoms with E-state index in [1.54, 1.807) is 24.3 Å². The Morgan fingerprint density at radius 2 is 1.70 bits per heavy atom. The molecule has 0 bridgehead atoms. The maximum atomic E-state index is 13.2. The number of nitrogens with zero attached hydrogens (tertiary/aromatic N) is 2. The number of halogens is 4. The van der Waals surface area contributed by atoms with Crippen molar-refractivity contribution in [2.75, 3.05) is 5.32 Å². The summed E-state index contributed by atoms with van der Waals surface area (Å²) in [6.07, 6.45) is -4.68. The molecule has 0 fully saturated rings. The van der Waals surface area contributed by atoms with Crippen molar-refractivity contribution in [1.29, 1.82) is 0 Å². The summed E-state index contributed by atoms with van der Waals surface area (Å²) in [5.74, 6) is -1.40. The average molecular weight is 394 g/mol. The largest absolute Gasteiger partial charge is 0.478 e. The van der Waals surface area contributed by atoms with Crippen LogP contribution in [0.1, 0.15) is 16.1 Å². The van der Waals surface area contributed by atoms with Gasteiger partial charge in [0, 0.05) is 16.3 Å². The van der Waals surface area contributed by atoms with Gasteiger partial charge in [-0.05, 0) is 36.4 Å². The van der Waals surface area contributed by atoms with Crippen LogP contribution in [0.5, 0.6) is 0 Å². The lowest BCUT2D eigenvalue weighted by molar-refractivity contribution is -0.141. The Morgan fingerprint density at radius 3 is 2.30 bits per heavy atom. The van der Waals surface area contributed by atoms with E-state index in [0.29, 0.717) is 11.3 Å². The Balaban J connectivity index is 2.03. The van der Waals surface area contributed by atoms with E-state index in [1.807, 2.05) is 0 Å². The van der Waals surface area contributed by atoms with Gasteiger partial charge in [0.2, 0.25) is 5.95 Å². The number of benzene rings is 2. The lowest BCUT2D eigenvalue weighted by Crippen LogP contribution is -2.11. The van der Waals surface area contributed by atoms with Crippen molar-refractivity contribution in [2.45, 2.75) is 6.18 Å². The Kier molecular flexibility index (Phi) is 5.00. The molecule has 0 saturated heterocycles. The minimum atomic E-state index is -4.68. The SMILES string of the molecule is O=C(O)c1ccc(Nc2nc(-c3ccccc3Cl)cc(C(F)(F)F)n2)cc1. The first-order chi connectivity index (χ1) is 12.7. The van der Waals surface area contributed by atoms with Crippen molar-refractivity contribution < 1.29 is 23.1 Å². The Morgan fingerprint density at radius 1 is 1.04 bits per heavy atom. The fourth-order valence-corrected chi connectivity index (χ4v) is 2.51. The van der Waals surface area contributed by atoms with Crippen molar-refractivity contribution in [3.63, 3.8) is 0 Å². The third kappa shape index (κ3) is 4.35. The van der Waals surface area contributed by atoms with Gasteiger partial charge in [0.25, 0.3) is 0 Å². The van der Waals surface area contributed by atoms with E-state index in [2.05, 4.69) is 15.3 Å². The quantitative estimate of drug-likeness (QED) is 0.632. The molecule has 3 aromatic rings. The molecule has 0 aliphatic carbocycles. The zero-order valence-electron chi connectivity index (χ0n) is 13.5. The molecule has 1 aromatic heterocycles. The zero-order valence-corrected chi connectivity index (χ0v) is 14.2. The summed E-state index contributed by atoms with van der Waals surface area (Å²) in [6, 6.07) is 12.6. The van der Waals surface area contributed by atoms with Crippen LogP contribution in [-0.2, 0) is 6.18 Å². The van der Waals surface area contributed by atoms with Gasteiger partial charge in [-0.2, -0.15) is 13.2 Å². The first-order valence-electron chi connectivity index (χ1n) is 7.55. The zero-order chi connectivity index (χ0) is 19.6. The van der Waals surface area contributed by atoms with Gasteiger partial charge in [-0.3, -0.25) is 0 Å². The number of aromatic carboxylic acids is 1. The molecule has 0 unspecified atom stereocenters. The second-order valence-electron chi connectivity index (χ2n) is 5.45. The average Bonchev–Trinajstić information content (AvgIpc) is 2.61. The van der Waals surface area contributed by atoms with Gasteiger partial charge in [0.15, 0.2) is 5.69 Å². The number of anilines is 2. The fourth-order valence-electron chi connectivity index (χ4n) is 2.28. The molecule has 2 N–H and O–H groups in total. The van der Waals surface area contributed by atoms with Crippen LogP contribution in [0, 0.1) is 0 Å². The smallest absolute Gasteiger partial charge is 0.433 e. The fraction of sp³-hybridized carbons (Fsp3) is 0.0556. The van der Waals surface area contributed by atoms with Crippen molar-refractivity contribution >= 4 is 29.2 Å². The number of carbonyl (C=O) groups is 1. The third-order valence-corrected chi connectivity index (χ3v) is 3.88. The molecule has 5 nitrogen and oxygen atoms in total. The van der Waals surface area contributed by atoms with Crippen LogP contribution in [-0.4, -0.2) is 21.0 Å². The summed E-state index contributed by atoms with van der Waals surface area (Å²) in [6.45, 7) is 0. The van der Waals surface area contributed by atoms with Crippen LogP contribution < -0.4 is 5.32 Å². The predicted molar refractivity (Wildman–Crippen MR) is 94.2 cm³/mol. The Bertz CT molecular complexity index is 992. The number of nitrogens with one attached hydrogen (secondary N) is 1. The molecule has 0 amide bonds. The minimum Gasteiger partial charge on any atom is -0.478 e. The Labute approximate surface area is 156 Å². The maximum absolute atomic E-state index is 13.2. The normalized spacial score (nSPS) is 11.3. The predicted octanol–water partition coefficient (Wildman–Crippen LogP) is 5.26. The second kappa shape index (κ2) is 7.24. The number of hydrogen-bond acceptors (Lipinski definition) is 4. The van der Waals surface area contributed by atoms with Gasteiger partial charge in [-0.1, -0.05) is 29.8 Å². The summed E-state index contributed by atoms with van der Waals surface area (Å²) >= 11 is 6.07. The highest BCUT2D eigenvalue weighted by Gasteiger charge is 2.34. The van der Waals surface area contributed by atoms with Gasteiger partial charge in [-0.25, -0.2) is 14.8 Å². The lowest BCUT2D eigenvalue weighted by atomic mass is 10.1. The van der Waals surface area contributed by atoms with Crippen LogP contribution in [0.3, 0.4) is 0 Å². The summed E-state index contributed by atoms with van der Waals surface area (Å²) in [5, 5.41) is 11.8. The molecule has 0 aliphatic heterocycles. The number of aromatic nitrogens is 2. The Hall–Kier alpha value is -3.13. The first-order valence-corrected chi connectivity index (χ1v) is 7.93. The molecule has 2 aromatic carbocycles. The van der Waals surface area contributed by atoms with E-state index in [9.17, 15) is 18.0 Å². The van der Waals surface area contributed by atoms with Crippen LogP contribution in [0.25, 0.3) is 11.3 Å². The molecule has 9 heteroatoms. The number of carboxylic acids is 1. The monoisotopic (exact) mass is 393 g/mol. The van der Waals surface area contributed by atoms with E-state index in [0.717, 1.165) is 6.07 Å². The number of alkyl halides is 3. The molecule has 138 valence electrons. The van der Waals surface area contributed by atoms with E-state index < -0.39 is 17.8 Å². The van der Waals surface area contributed by atoms with Gasteiger partial charge < -0.3 is 10.4 Å². The molecule has 27 heavy (non-hydrogen) atoms.